The standard InChI is InChI=1S/C16H21N3OS/c17-11-15-12-18-16(21-15)13-3-5-14(6-4-13)20-10-2-9-19-7-1-8-19/h3-6,12H,1-2,7-11,17H2. The molecule has 1 aromatic heterocycles. The fourth-order valence-corrected chi connectivity index (χ4v) is 3.11. The number of benzene rings is 1. The number of hydrogen-bond acceptors (Lipinski definition) is 5. The first kappa shape index (κ1) is 14.5. The zero-order valence-corrected chi connectivity index (χ0v) is 12.9. The lowest BCUT2D eigenvalue weighted by atomic mass is 10.2. The van der Waals surface area contributed by atoms with E-state index >= 15 is 0 Å². The van der Waals surface area contributed by atoms with E-state index in [2.05, 4.69) is 22.0 Å². The van der Waals surface area contributed by atoms with Crippen LogP contribution >= 0.6 is 11.3 Å². The summed E-state index contributed by atoms with van der Waals surface area (Å²) in [5, 5.41) is 1.01. The lowest BCUT2D eigenvalue weighted by Gasteiger charge is -2.30. The first-order valence-electron chi connectivity index (χ1n) is 7.45. The number of thiazole rings is 1. The van der Waals surface area contributed by atoms with E-state index in [0.29, 0.717) is 6.54 Å². The molecule has 2 aromatic rings. The second kappa shape index (κ2) is 7.02. The highest BCUT2D eigenvalue weighted by atomic mass is 32.1. The molecule has 0 amide bonds. The van der Waals surface area contributed by atoms with Gasteiger partial charge in [-0.15, -0.1) is 11.3 Å². The SMILES string of the molecule is NCc1cnc(-c2ccc(OCCCN3CCC3)cc2)s1. The van der Waals surface area contributed by atoms with Crippen molar-refractivity contribution >= 4 is 11.3 Å². The summed E-state index contributed by atoms with van der Waals surface area (Å²) in [4.78, 5) is 7.96. The van der Waals surface area contributed by atoms with Crippen LogP contribution in [-0.2, 0) is 6.54 Å². The van der Waals surface area contributed by atoms with Crippen molar-refractivity contribution in [2.45, 2.75) is 19.4 Å². The largest absolute Gasteiger partial charge is 0.494 e. The fourth-order valence-electron chi connectivity index (χ4n) is 2.31. The quantitative estimate of drug-likeness (QED) is 0.799. The summed E-state index contributed by atoms with van der Waals surface area (Å²) in [5.74, 6) is 0.929. The minimum absolute atomic E-state index is 0.551. The van der Waals surface area contributed by atoms with E-state index < -0.39 is 0 Å². The molecule has 3 rings (SSSR count). The zero-order valence-electron chi connectivity index (χ0n) is 12.1. The van der Waals surface area contributed by atoms with Gasteiger partial charge in [0.25, 0.3) is 0 Å². The molecule has 2 N–H and O–H groups in total. The van der Waals surface area contributed by atoms with E-state index in [1.165, 1.54) is 19.5 Å². The van der Waals surface area contributed by atoms with Crippen LogP contribution in [-0.4, -0.2) is 36.1 Å². The van der Waals surface area contributed by atoms with Gasteiger partial charge < -0.3 is 15.4 Å². The molecule has 0 atom stereocenters. The Morgan fingerprint density at radius 2 is 2.05 bits per heavy atom. The molecule has 2 heterocycles. The molecule has 0 saturated carbocycles. The summed E-state index contributed by atoms with van der Waals surface area (Å²) in [6.45, 7) is 5.00. The molecule has 0 unspecified atom stereocenters. The first-order valence-corrected chi connectivity index (χ1v) is 8.27. The second-order valence-corrected chi connectivity index (χ2v) is 6.37. The van der Waals surface area contributed by atoms with Crippen LogP contribution in [0.15, 0.2) is 30.5 Å². The van der Waals surface area contributed by atoms with Gasteiger partial charge in [0, 0.05) is 29.7 Å². The van der Waals surface area contributed by atoms with E-state index in [-0.39, 0.29) is 0 Å². The molecule has 1 aliphatic heterocycles. The Bertz CT molecular complexity index is 563. The fraction of sp³-hybridized carbons (Fsp3) is 0.438. The number of hydrogen-bond donors (Lipinski definition) is 1. The van der Waals surface area contributed by atoms with Gasteiger partial charge in [0.15, 0.2) is 0 Å². The normalized spacial score (nSPS) is 14.9. The van der Waals surface area contributed by atoms with Gasteiger partial charge in [-0.2, -0.15) is 0 Å². The molecule has 0 bridgehead atoms. The minimum atomic E-state index is 0.551. The van der Waals surface area contributed by atoms with Crippen LogP contribution in [0, 0.1) is 0 Å². The van der Waals surface area contributed by atoms with Crippen molar-refractivity contribution in [2.75, 3.05) is 26.2 Å². The van der Waals surface area contributed by atoms with E-state index in [0.717, 1.165) is 40.8 Å². The van der Waals surface area contributed by atoms with E-state index in [1.54, 1.807) is 11.3 Å². The smallest absolute Gasteiger partial charge is 0.123 e. The maximum Gasteiger partial charge on any atom is 0.123 e. The third-order valence-electron chi connectivity index (χ3n) is 3.69. The number of likely N-dealkylation sites (tertiary alicyclic amines) is 1. The molecule has 4 nitrogen and oxygen atoms in total. The van der Waals surface area contributed by atoms with Crippen LogP contribution in [0.25, 0.3) is 10.6 Å². The van der Waals surface area contributed by atoms with Crippen molar-refractivity contribution in [2.24, 2.45) is 5.73 Å². The molecule has 0 spiro atoms. The van der Waals surface area contributed by atoms with Crippen LogP contribution in [0.2, 0.25) is 0 Å². The molecular formula is C16H21N3OS. The first-order chi connectivity index (χ1) is 10.3. The highest BCUT2D eigenvalue weighted by Crippen LogP contribution is 2.26. The van der Waals surface area contributed by atoms with Gasteiger partial charge in [-0.05, 0) is 50.2 Å². The van der Waals surface area contributed by atoms with Gasteiger partial charge in [-0.25, -0.2) is 4.98 Å². The van der Waals surface area contributed by atoms with Crippen molar-refractivity contribution in [1.82, 2.24) is 9.88 Å². The van der Waals surface area contributed by atoms with Crippen LogP contribution in [0.5, 0.6) is 5.75 Å². The van der Waals surface area contributed by atoms with Gasteiger partial charge in [-0.3, -0.25) is 0 Å². The summed E-state index contributed by atoms with van der Waals surface area (Å²) < 4.78 is 5.78. The van der Waals surface area contributed by atoms with Crippen molar-refractivity contribution < 1.29 is 4.74 Å². The Morgan fingerprint density at radius 1 is 1.24 bits per heavy atom. The molecule has 21 heavy (non-hydrogen) atoms. The third-order valence-corrected chi connectivity index (χ3v) is 4.76. The van der Waals surface area contributed by atoms with Crippen LogP contribution in [0.1, 0.15) is 17.7 Å². The molecule has 1 saturated heterocycles. The molecule has 1 aromatic carbocycles. The second-order valence-electron chi connectivity index (χ2n) is 5.26. The van der Waals surface area contributed by atoms with Crippen molar-refractivity contribution in [3.8, 4) is 16.3 Å². The summed E-state index contributed by atoms with van der Waals surface area (Å²) >= 11 is 1.64. The highest BCUT2D eigenvalue weighted by Gasteiger charge is 2.12. The van der Waals surface area contributed by atoms with Gasteiger partial charge in [0.05, 0.1) is 6.61 Å². The Balaban J connectivity index is 1.48. The molecule has 5 heteroatoms. The zero-order chi connectivity index (χ0) is 14.5. The Kier molecular flexibility index (Phi) is 4.85. The van der Waals surface area contributed by atoms with Crippen LogP contribution in [0.4, 0.5) is 0 Å². The Labute approximate surface area is 129 Å². The molecule has 1 aliphatic rings. The average Bonchev–Trinajstić information content (AvgIpc) is 2.95. The number of ether oxygens (including phenoxy) is 1. The Hall–Kier alpha value is -1.43. The number of rotatable bonds is 7. The van der Waals surface area contributed by atoms with Crippen molar-refractivity contribution in [1.29, 1.82) is 0 Å². The van der Waals surface area contributed by atoms with Gasteiger partial charge in [0.1, 0.15) is 10.8 Å². The predicted octanol–water partition coefficient (Wildman–Crippen LogP) is 2.74. The van der Waals surface area contributed by atoms with Crippen molar-refractivity contribution in [3.63, 3.8) is 0 Å². The molecule has 0 aliphatic carbocycles. The van der Waals surface area contributed by atoms with E-state index in [9.17, 15) is 0 Å². The lowest BCUT2D eigenvalue weighted by molar-refractivity contribution is 0.165. The lowest BCUT2D eigenvalue weighted by Crippen LogP contribution is -2.38. The van der Waals surface area contributed by atoms with E-state index in [4.69, 9.17) is 10.5 Å². The van der Waals surface area contributed by atoms with E-state index in [1.807, 2.05) is 18.3 Å². The molecule has 1 fully saturated rings. The van der Waals surface area contributed by atoms with Crippen LogP contribution in [0.3, 0.4) is 0 Å². The molecule has 112 valence electrons. The van der Waals surface area contributed by atoms with Gasteiger partial charge >= 0.3 is 0 Å². The molecular weight excluding hydrogens is 282 g/mol. The number of aromatic nitrogens is 1. The summed E-state index contributed by atoms with van der Waals surface area (Å²) in [6.07, 6.45) is 4.29. The van der Waals surface area contributed by atoms with Crippen LogP contribution < -0.4 is 10.5 Å². The average molecular weight is 303 g/mol. The number of nitrogens with two attached hydrogens (primary N) is 1. The summed E-state index contributed by atoms with van der Waals surface area (Å²) in [6, 6.07) is 8.15. The Morgan fingerprint density at radius 3 is 2.67 bits per heavy atom. The highest BCUT2D eigenvalue weighted by molar-refractivity contribution is 7.15. The summed E-state index contributed by atoms with van der Waals surface area (Å²) in [7, 11) is 0. The maximum atomic E-state index is 5.78. The molecule has 0 radical (unpaired) electrons. The minimum Gasteiger partial charge on any atom is -0.494 e. The summed E-state index contributed by atoms with van der Waals surface area (Å²) in [5.41, 5.74) is 6.73. The van der Waals surface area contributed by atoms with Gasteiger partial charge in [0.2, 0.25) is 0 Å². The third kappa shape index (κ3) is 3.81. The van der Waals surface area contributed by atoms with Gasteiger partial charge in [-0.1, -0.05) is 0 Å². The maximum absolute atomic E-state index is 5.78. The van der Waals surface area contributed by atoms with Crippen molar-refractivity contribution in [3.05, 3.63) is 35.3 Å². The topological polar surface area (TPSA) is 51.4 Å². The predicted molar refractivity (Wildman–Crippen MR) is 86.6 cm³/mol. The monoisotopic (exact) mass is 303 g/mol. The number of nitrogens with zero attached hydrogens (tertiary/aromatic N) is 2.